The standard InChI is InChI=1S/C11H16N2O4/c1-17-7-5-13(4-6-14)10-3-2-9(8-12-10)11(15)16/h2-3,8,14H,4-7H2,1H3,(H,15,16). The van der Waals surface area contributed by atoms with Crippen LogP contribution in [0.3, 0.4) is 0 Å². The number of carboxylic acids is 1. The molecule has 0 atom stereocenters. The number of aliphatic hydroxyl groups excluding tert-OH is 1. The molecule has 94 valence electrons. The van der Waals surface area contributed by atoms with E-state index in [1.165, 1.54) is 12.3 Å². The maximum Gasteiger partial charge on any atom is 0.337 e. The first kappa shape index (κ1) is 13.4. The monoisotopic (exact) mass is 240 g/mol. The molecule has 0 saturated carbocycles. The van der Waals surface area contributed by atoms with Gasteiger partial charge in [0.05, 0.1) is 18.8 Å². The summed E-state index contributed by atoms with van der Waals surface area (Å²) >= 11 is 0. The van der Waals surface area contributed by atoms with E-state index in [1.54, 1.807) is 13.2 Å². The maximum absolute atomic E-state index is 10.7. The van der Waals surface area contributed by atoms with E-state index in [4.69, 9.17) is 14.9 Å². The molecule has 0 spiro atoms. The van der Waals surface area contributed by atoms with E-state index in [0.29, 0.717) is 25.5 Å². The van der Waals surface area contributed by atoms with E-state index in [-0.39, 0.29) is 12.2 Å². The highest BCUT2D eigenvalue weighted by Crippen LogP contribution is 2.10. The van der Waals surface area contributed by atoms with Crippen LogP contribution >= 0.6 is 0 Å². The molecule has 0 unspecified atom stereocenters. The minimum Gasteiger partial charge on any atom is -0.478 e. The number of aromatic nitrogens is 1. The second-order valence-electron chi connectivity index (χ2n) is 3.41. The molecule has 17 heavy (non-hydrogen) atoms. The van der Waals surface area contributed by atoms with Gasteiger partial charge in [-0.15, -0.1) is 0 Å². The molecule has 6 heteroatoms. The number of aliphatic hydroxyl groups is 1. The van der Waals surface area contributed by atoms with Gasteiger partial charge in [-0.2, -0.15) is 0 Å². The topological polar surface area (TPSA) is 82.9 Å². The van der Waals surface area contributed by atoms with Crippen molar-refractivity contribution in [2.75, 3.05) is 38.3 Å². The van der Waals surface area contributed by atoms with E-state index in [2.05, 4.69) is 4.98 Å². The van der Waals surface area contributed by atoms with Gasteiger partial charge in [0.15, 0.2) is 0 Å². The van der Waals surface area contributed by atoms with Crippen LogP contribution in [0.25, 0.3) is 0 Å². The fourth-order valence-electron chi connectivity index (χ4n) is 1.36. The summed E-state index contributed by atoms with van der Waals surface area (Å²) in [5, 5.41) is 17.7. The Balaban J connectivity index is 2.75. The third-order valence-electron chi connectivity index (χ3n) is 2.25. The molecule has 1 aromatic rings. The van der Waals surface area contributed by atoms with Crippen molar-refractivity contribution in [1.29, 1.82) is 0 Å². The van der Waals surface area contributed by atoms with Gasteiger partial charge in [-0.25, -0.2) is 9.78 Å². The Morgan fingerprint density at radius 2 is 2.24 bits per heavy atom. The predicted octanol–water partition coefficient (Wildman–Crippen LogP) is 0.225. The molecule has 1 heterocycles. The lowest BCUT2D eigenvalue weighted by Gasteiger charge is -2.22. The number of aromatic carboxylic acids is 1. The van der Waals surface area contributed by atoms with Crippen LogP contribution in [0.4, 0.5) is 5.82 Å². The van der Waals surface area contributed by atoms with Gasteiger partial charge in [-0.3, -0.25) is 0 Å². The fraction of sp³-hybridized carbons (Fsp3) is 0.455. The molecule has 1 rings (SSSR count). The summed E-state index contributed by atoms with van der Waals surface area (Å²) in [6.45, 7) is 1.55. The van der Waals surface area contributed by atoms with Crippen LogP contribution in [-0.4, -0.2) is 54.6 Å². The highest BCUT2D eigenvalue weighted by Gasteiger charge is 2.08. The van der Waals surface area contributed by atoms with Crippen LogP contribution in [0.15, 0.2) is 18.3 Å². The number of pyridine rings is 1. The number of rotatable bonds is 7. The summed E-state index contributed by atoms with van der Waals surface area (Å²) in [4.78, 5) is 16.5. The summed E-state index contributed by atoms with van der Waals surface area (Å²) in [7, 11) is 1.60. The van der Waals surface area contributed by atoms with Gasteiger partial charge in [0.2, 0.25) is 0 Å². The summed E-state index contributed by atoms with van der Waals surface area (Å²) in [5.41, 5.74) is 0.143. The maximum atomic E-state index is 10.7. The van der Waals surface area contributed by atoms with Crippen LogP contribution in [-0.2, 0) is 4.74 Å². The lowest BCUT2D eigenvalue weighted by molar-refractivity contribution is 0.0696. The number of carbonyl (C=O) groups is 1. The number of nitrogens with zero attached hydrogens (tertiary/aromatic N) is 2. The Bertz CT molecular complexity index is 353. The van der Waals surface area contributed by atoms with Crippen LogP contribution in [0.2, 0.25) is 0 Å². The van der Waals surface area contributed by atoms with E-state index >= 15 is 0 Å². The minimum atomic E-state index is -1.00. The van der Waals surface area contributed by atoms with Gasteiger partial charge in [-0.05, 0) is 12.1 Å². The van der Waals surface area contributed by atoms with Crippen molar-refractivity contribution < 1.29 is 19.7 Å². The van der Waals surface area contributed by atoms with Gasteiger partial charge in [0.25, 0.3) is 0 Å². The molecule has 0 aromatic carbocycles. The van der Waals surface area contributed by atoms with Gasteiger partial charge in [0.1, 0.15) is 5.82 Å². The summed E-state index contributed by atoms with van der Waals surface area (Å²) in [5.74, 6) is -0.379. The SMILES string of the molecule is COCCN(CCO)c1ccc(C(=O)O)cn1. The van der Waals surface area contributed by atoms with E-state index < -0.39 is 5.97 Å². The van der Waals surface area contributed by atoms with Crippen LogP contribution in [0.1, 0.15) is 10.4 Å². The lowest BCUT2D eigenvalue weighted by atomic mass is 10.3. The molecular weight excluding hydrogens is 224 g/mol. The quantitative estimate of drug-likeness (QED) is 0.709. The molecule has 0 amide bonds. The first-order chi connectivity index (χ1) is 8.19. The van der Waals surface area contributed by atoms with E-state index in [1.807, 2.05) is 4.90 Å². The van der Waals surface area contributed by atoms with Gasteiger partial charge in [0, 0.05) is 26.4 Å². The average molecular weight is 240 g/mol. The van der Waals surface area contributed by atoms with Gasteiger partial charge < -0.3 is 19.8 Å². The normalized spacial score (nSPS) is 10.2. The Hall–Kier alpha value is -1.66. The summed E-state index contributed by atoms with van der Waals surface area (Å²) in [6, 6.07) is 3.11. The predicted molar refractivity (Wildman–Crippen MR) is 62.4 cm³/mol. The smallest absolute Gasteiger partial charge is 0.337 e. The minimum absolute atomic E-state index is 0.00603. The molecule has 0 aliphatic carbocycles. The Labute approximate surface area is 99.5 Å². The number of carboxylic acid groups (broad SMARTS) is 1. The molecule has 6 nitrogen and oxygen atoms in total. The Morgan fingerprint density at radius 1 is 1.47 bits per heavy atom. The molecule has 2 N–H and O–H groups in total. The summed E-state index contributed by atoms with van der Waals surface area (Å²) in [6.07, 6.45) is 1.30. The van der Waals surface area contributed by atoms with Crippen molar-refractivity contribution in [1.82, 2.24) is 4.98 Å². The highest BCUT2D eigenvalue weighted by atomic mass is 16.5. The zero-order valence-electron chi connectivity index (χ0n) is 9.67. The molecule has 0 aliphatic heterocycles. The molecule has 0 fully saturated rings. The molecule has 0 saturated heterocycles. The largest absolute Gasteiger partial charge is 0.478 e. The fourth-order valence-corrected chi connectivity index (χ4v) is 1.36. The molecular formula is C11H16N2O4. The van der Waals surface area contributed by atoms with Gasteiger partial charge in [-0.1, -0.05) is 0 Å². The van der Waals surface area contributed by atoms with Gasteiger partial charge >= 0.3 is 5.97 Å². The Morgan fingerprint density at radius 3 is 2.71 bits per heavy atom. The average Bonchev–Trinajstić information content (AvgIpc) is 2.34. The number of hydrogen-bond acceptors (Lipinski definition) is 5. The zero-order valence-corrected chi connectivity index (χ0v) is 9.67. The highest BCUT2D eigenvalue weighted by molar-refractivity contribution is 5.87. The molecule has 0 bridgehead atoms. The molecule has 0 aliphatic rings. The number of anilines is 1. The first-order valence-corrected chi connectivity index (χ1v) is 5.23. The second kappa shape index (κ2) is 6.82. The number of methoxy groups -OCH3 is 1. The number of hydrogen-bond donors (Lipinski definition) is 2. The van der Waals surface area contributed by atoms with Crippen molar-refractivity contribution in [3.63, 3.8) is 0 Å². The van der Waals surface area contributed by atoms with Crippen molar-refractivity contribution in [3.05, 3.63) is 23.9 Å². The molecule has 1 aromatic heterocycles. The zero-order chi connectivity index (χ0) is 12.7. The van der Waals surface area contributed by atoms with Crippen LogP contribution in [0.5, 0.6) is 0 Å². The lowest BCUT2D eigenvalue weighted by Crippen LogP contribution is -2.30. The van der Waals surface area contributed by atoms with Crippen molar-refractivity contribution >= 4 is 11.8 Å². The second-order valence-corrected chi connectivity index (χ2v) is 3.41. The van der Waals surface area contributed by atoms with E-state index in [9.17, 15) is 4.79 Å². The van der Waals surface area contributed by atoms with E-state index in [0.717, 1.165) is 0 Å². The van der Waals surface area contributed by atoms with Crippen LogP contribution < -0.4 is 4.90 Å². The number of ether oxygens (including phenoxy) is 1. The van der Waals surface area contributed by atoms with Crippen molar-refractivity contribution in [3.8, 4) is 0 Å². The summed E-state index contributed by atoms with van der Waals surface area (Å²) < 4.78 is 4.96. The van der Waals surface area contributed by atoms with Crippen molar-refractivity contribution in [2.45, 2.75) is 0 Å². The molecule has 0 radical (unpaired) electrons. The first-order valence-electron chi connectivity index (χ1n) is 5.23. The Kier molecular flexibility index (Phi) is 5.38. The third-order valence-corrected chi connectivity index (χ3v) is 2.25. The third kappa shape index (κ3) is 4.01. The van der Waals surface area contributed by atoms with Crippen LogP contribution in [0, 0.1) is 0 Å². The van der Waals surface area contributed by atoms with Crippen molar-refractivity contribution in [2.24, 2.45) is 0 Å².